The van der Waals surface area contributed by atoms with Crippen LogP contribution < -0.4 is 0 Å². The second-order valence-electron chi connectivity index (χ2n) is 4.84. The molecule has 94 valence electrons. The normalized spacial score (nSPS) is 18.3. The molecule has 2 rings (SSSR count). The largest absolute Gasteiger partial charge is 0.218 e. The Bertz CT molecular complexity index is 465. The van der Waals surface area contributed by atoms with Crippen LogP contribution in [0.15, 0.2) is 30.3 Å². The highest BCUT2D eigenvalue weighted by molar-refractivity contribution is 7.88. The Labute approximate surface area is 104 Å². The van der Waals surface area contributed by atoms with E-state index >= 15 is 0 Å². The van der Waals surface area contributed by atoms with Crippen molar-refractivity contribution in [2.45, 2.75) is 31.6 Å². The predicted molar refractivity (Wildman–Crippen MR) is 69.0 cm³/mol. The Hall–Kier alpha value is -0.870. The van der Waals surface area contributed by atoms with Gasteiger partial charge in [-0.05, 0) is 31.2 Å². The van der Waals surface area contributed by atoms with Gasteiger partial charge < -0.3 is 0 Å². The molecule has 0 aromatic heterocycles. The van der Waals surface area contributed by atoms with Crippen molar-refractivity contribution in [2.24, 2.45) is 5.92 Å². The van der Waals surface area contributed by atoms with E-state index in [1.807, 2.05) is 37.3 Å². The molecule has 0 aliphatic heterocycles. The first-order chi connectivity index (χ1) is 8.00. The number of hydrogen-bond acceptors (Lipinski definition) is 2. The highest BCUT2D eigenvalue weighted by Gasteiger charge is 2.35. The Morgan fingerprint density at radius 1 is 1.29 bits per heavy atom. The molecule has 1 saturated carbocycles. The van der Waals surface area contributed by atoms with Gasteiger partial charge in [-0.15, -0.1) is 0 Å². The fourth-order valence-corrected chi connectivity index (χ4v) is 3.51. The van der Waals surface area contributed by atoms with Gasteiger partial charge in [-0.3, -0.25) is 0 Å². The van der Waals surface area contributed by atoms with E-state index in [1.54, 1.807) is 7.05 Å². The summed E-state index contributed by atoms with van der Waals surface area (Å²) in [6.45, 7) is 2.00. The number of sulfonamides is 1. The molecule has 17 heavy (non-hydrogen) atoms. The number of rotatable bonds is 5. The van der Waals surface area contributed by atoms with Crippen molar-refractivity contribution in [2.75, 3.05) is 7.05 Å². The molecule has 1 unspecified atom stereocenters. The highest BCUT2D eigenvalue weighted by Crippen LogP contribution is 2.35. The predicted octanol–water partition coefficient (Wildman–Crippen LogP) is 2.25. The fraction of sp³-hybridized carbons (Fsp3) is 0.538. The fourth-order valence-electron chi connectivity index (χ4n) is 2.02. The van der Waals surface area contributed by atoms with E-state index in [0.29, 0.717) is 5.92 Å². The summed E-state index contributed by atoms with van der Waals surface area (Å²) in [5.41, 5.74) is 0.849. The Balaban J connectivity index is 2.08. The molecule has 1 aromatic rings. The molecule has 0 radical (unpaired) electrons. The molecular formula is C13H19NO2S. The van der Waals surface area contributed by atoms with Gasteiger partial charge in [0.1, 0.15) is 0 Å². The molecule has 0 heterocycles. The average molecular weight is 253 g/mol. The molecule has 0 bridgehead atoms. The van der Waals surface area contributed by atoms with Gasteiger partial charge in [0.2, 0.25) is 10.0 Å². The maximum absolute atomic E-state index is 12.2. The summed E-state index contributed by atoms with van der Waals surface area (Å²) < 4.78 is 25.9. The monoisotopic (exact) mass is 253 g/mol. The highest BCUT2D eigenvalue weighted by atomic mass is 32.2. The Morgan fingerprint density at radius 3 is 2.41 bits per heavy atom. The molecule has 0 N–H and O–H groups in total. The molecule has 1 fully saturated rings. The first kappa shape index (κ1) is 12.6. The lowest BCUT2D eigenvalue weighted by atomic mass is 10.2. The number of hydrogen-bond donors (Lipinski definition) is 0. The number of benzene rings is 1. The first-order valence-electron chi connectivity index (χ1n) is 6.00. The lowest BCUT2D eigenvalue weighted by molar-refractivity contribution is 0.356. The van der Waals surface area contributed by atoms with E-state index in [-0.39, 0.29) is 11.8 Å². The van der Waals surface area contributed by atoms with Gasteiger partial charge >= 0.3 is 0 Å². The standard InChI is InChI=1S/C13H19NO2S/c1-11(13-8-9-13)14(2)17(15,16)10-12-6-4-3-5-7-12/h3-7,11,13H,8-10H2,1-2H3. The summed E-state index contributed by atoms with van der Waals surface area (Å²) >= 11 is 0. The molecule has 1 aliphatic rings. The topological polar surface area (TPSA) is 37.4 Å². The van der Waals surface area contributed by atoms with Gasteiger partial charge in [-0.1, -0.05) is 30.3 Å². The Kier molecular flexibility index (Phi) is 3.54. The van der Waals surface area contributed by atoms with Crippen LogP contribution in [-0.4, -0.2) is 25.8 Å². The van der Waals surface area contributed by atoms with Crippen LogP contribution >= 0.6 is 0 Å². The minimum absolute atomic E-state index is 0.0986. The van der Waals surface area contributed by atoms with Crippen molar-refractivity contribution in [3.05, 3.63) is 35.9 Å². The SMILES string of the molecule is CC(C1CC1)N(C)S(=O)(=O)Cc1ccccc1. The van der Waals surface area contributed by atoms with Crippen molar-refractivity contribution in [1.82, 2.24) is 4.31 Å². The van der Waals surface area contributed by atoms with E-state index < -0.39 is 10.0 Å². The maximum Gasteiger partial charge on any atom is 0.218 e. The minimum Gasteiger partial charge on any atom is -0.212 e. The third kappa shape index (κ3) is 3.07. The Morgan fingerprint density at radius 2 is 1.88 bits per heavy atom. The molecule has 1 aliphatic carbocycles. The summed E-state index contributed by atoms with van der Waals surface area (Å²) in [7, 11) is -1.49. The lowest BCUT2D eigenvalue weighted by Gasteiger charge is -2.24. The van der Waals surface area contributed by atoms with Crippen molar-refractivity contribution < 1.29 is 8.42 Å². The third-order valence-electron chi connectivity index (χ3n) is 3.51. The zero-order valence-electron chi connectivity index (χ0n) is 10.3. The first-order valence-corrected chi connectivity index (χ1v) is 7.61. The van der Waals surface area contributed by atoms with Crippen LogP contribution in [0, 0.1) is 5.92 Å². The summed E-state index contributed by atoms with van der Waals surface area (Å²) in [4.78, 5) is 0. The number of nitrogens with zero attached hydrogens (tertiary/aromatic N) is 1. The van der Waals surface area contributed by atoms with Crippen LogP contribution in [0.25, 0.3) is 0 Å². The van der Waals surface area contributed by atoms with E-state index in [9.17, 15) is 8.42 Å². The van der Waals surface area contributed by atoms with E-state index in [4.69, 9.17) is 0 Å². The smallest absolute Gasteiger partial charge is 0.212 e. The molecule has 1 atom stereocenters. The van der Waals surface area contributed by atoms with Crippen molar-refractivity contribution >= 4 is 10.0 Å². The average Bonchev–Trinajstić information content (AvgIpc) is 3.11. The second kappa shape index (κ2) is 4.78. The molecule has 1 aromatic carbocycles. The zero-order chi connectivity index (χ0) is 12.5. The molecule has 0 amide bonds. The van der Waals surface area contributed by atoms with Gasteiger partial charge in [0, 0.05) is 13.1 Å². The maximum atomic E-state index is 12.2. The van der Waals surface area contributed by atoms with Crippen LogP contribution in [0.1, 0.15) is 25.3 Å². The molecule has 4 heteroatoms. The van der Waals surface area contributed by atoms with Gasteiger partial charge in [-0.2, -0.15) is 0 Å². The van der Waals surface area contributed by atoms with Crippen molar-refractivity contribution in [1.29, 1.82) is 0 Å². The molecule has 3 nitrogen and oxygen atoms in total. The van der Waals surface area contributed by atoms with E-state index in [1.165, 1.54) is 4.31 Å². The quantitative estimate of drug-likeness (QED) is 0.807. The summed E-state index contributed by atoms with van der Waals surface area (Å²) in [6, 6.07) is 9.47. The lowest BCUT2D eigenvalue weighted by Crippen LogP contribution is -2.37. The van der Waals surface area contributed by atoms with Gasteiger partial charge in [0.15, 0.2) is 0 Å². The summed E-state index contributed by atoms with van der Waals surface area (Å²) in [5, 5.41) is 0. The van der Waals surface area contributed by atoms with E-state index in [0.717, 1.165) is 18.4 Å². The van der Waals surface area contributed by atoms with Crippen LogP contribution in [0.2, 0.25) is 0 Å². The van der Waals surface area contributed by atoms with Crippen LogP contribution in [0.3, 0.4) is 0 Å². The third-order valence-corrected chi connectivity index (χ3v) is 5.42. The second-order valence-corrected chi connectivity index (χ2v) is 6.86. The van der Waals surface area contributed by atoms with E-state index in [2.05, 4.69) is 0 Å². The molecular weight excluding hydrogens is 234 g/mol. The summed E-state index contributed by atoms with van der Waals surface area (Å²) in [5.74, 6) is 0.659. The zero-order valence-corrected chi connectivity index (χ0v) is 11.2. The van der Waals surface area contributed by atoms with Crippen LogP contribution in [0.4, 0.5) is 0 Å². The van der Waals surface area contributed by atoms with Crippen LogP contribution in [-0.2, 0) is 15.8 Å². The molecule has 0 spiro atoms. The van der Waals surface area contributed by atoms with Crippen molar-refractivity contribution in [3.63, 3.8) is 0 Å². The van der Waals surface area contributed by atoms with Gasteiger partial charge in [-0.25, -0.2) is 12.7 Å². The van der Waals surface area contributed by atoms with Gasteiger partial charge in [0.05, 0.1) is 5.75 Å². The summed E-state index contributed by atoms with van der Waals surface area (Å²) in [6.07, 6.45) is 2.32. The van der Waals surface area contributed by atoms with Gasteiger partial charge in [0.25, 0.3) is 0 Å². The minimum atomic E-state index is -3.18. The van der Waals surface area contributed by atoms with Crippen LogP contribution in [0.5, 0.6) is 0 Å². The van der Waals surface area contributed by atoms with Crippen molar-refractivity contribution in [3.8, 4) is 0 Å². The molecule has 0 saturated heterocycles.